The molecule has 1 amide bonds. The molecule has 0 aliphatic rings. The van der Waals surface area contributed by atoms with Crippen molar-refractivity contribution in [1.29, 1.82) is 0 Å². The topological polar surface area (TPSA) is 88.4 Å². The summed E-state index contributed by atoms with van der Waals surface area (Å²) in [5.41, 5.74) is -0.689. The van der Waals surface area contributed by atoms with E-state index in [1.54, 1.807) is 0 Å². The lowest BCUT2D eigenvalue weighted by Gasteiger charge is -2.10. The number of carboxylic acids is 1. The fraction of sp³-hybridized carbons (Fsp3) is 0.462. The molecule has 1 rings (SSSR count). The summed E-state index contributed by atoms with van der Waals surface area (Å²) in [4.78, 5) is 34.2. The van der Waals surface area contributed by atoms with Gasteiger partial charge in [-0.25, -0.2) is 4.79 Å². The Labute approximate surface area is 111 Å². The molecule has 0 saturated carbocycles. The molecule has 1 heterocycles. The summed E-state index contributed by atoms with van der Waals surface area (Å²) in [6, 6.07) is 3.89. The first kappa shape index (κ1) is 14.9. The van der Waals surface area contributed by atoms with Gasteiger partial charge in [0.15, 0.2) is 0 Å². The number of pyridine rings is 1. The number of hydrogen-bond acceptors (Lipinski definition) is 3. The van der Waals surface area contributed by atoms with E-state index in [0.717, 1.165) is 11.0 Å². The number of carbonyl (C=O) groups is 2. The molecular formula is C13H18N2O4. The van der Waals surface area contributed by atoms with Gasteiger partial charge in [-0.3, -0.25) is 14.2 Å². The second-order valence-corrected chi connectivity index (χ2v) is 4.67. The fourth-order valence-corrected chi connectivity index (χ4v) is 1.57. The maximum absolute atomic E-state index is 11.7. The van der Waals surface area contributed by atoms with E-state index < -0.39 is 11.5 Å². The van der Waals surface area contributed by atoms with Crippen molar-refractivity contribution in [2.24, 2.45) is 5.92 Å². The molecule has 1 aromatic rings. The molecule has 0 fully saturated rings. The number of aromatic nitrogens is 1. The summed E-state index contributed by atoms with van der Waals surface area (Å²) in [7, 11) is 0. The lowest BCUT2D eigenvalue weighted by atomic mass is 10.1. The van der Waals surface area contributed by atoms with E-state index in [9.17, 15) is 14.4 Å². The second-order valence-electron chi connectivity index (χ2n) is 4.67. The van der Waals surface area contributed by atoms with E-state index >= 15 is 0 Å². The van der Waals surface area contributed by atoms with Gasteiger partial charge in [0, 0.05) is 12.6 Å². The van der Waals surface area contributed by atoms with Crippen LogP contribution < -0.4 is 10.9 Å². The standard InChI is InChI=1S/C13H18N2O4/c1-9(2)6-7-14-11(16)8-15-10(13(18)19)4-3-5-12(15)17/h3-5,9H,6-8H2,1-2H3,(H,14,16)(H,18,19). The summed E-state index contributed by atoms with van der Waals surface area (Å²) in [5, 5.41) is 11.6. The van der Waals surface area contributed by atoms with Crippen LogP contribution in [0.25, 0.3) is 0 Å². The third-order valence-electron chi connectivity index (χ3n) is 2.61. The number of amides is 1. The maximum Gasteiger partial charge on any atom is 0.352 e. The molecular weight excluding hydrogens is 248 g/mol. The summed E-state index contributed by atoms with van der Waals surface area (Å²) in [5.74, 6) is -1.13. The van der Waals surface area contributed by atoms with Crippen LogP contribution in [0, 0.1) is 5.92 Å². The first-order chi connectivity index (χ1) is 8.91. The summed E-state index contributed by atoms with van der Waals surface area (Å²) in [6.45, 7) is 4.31. The zero-order valence-corrected chi connectivity index (χ0v) is 11.0. The molecule has 19 heavy (non-hydrogen) atoms. The maximum atomic E-state index is 11.7. The third kappa shape index (κ3) is 4.57. The predicted octanol–water partition coefficient (Wildman–Crippen LogP) is 0.709. The Morgan fingerprint density at radius 1 is 1.37 bits per heavy atom. The summed E-state index contributed by atoms with van der Waals surface area (Å²) >= 11 is 0. The second kappa shape index (κ2) is 6.72. The Bertz CT molecular complexity index is 520. The third-order valence-corrected chi connectivity index (χ3v) is 2.61. The fourth-order valence-electron chi connectivity index (χ4n) is 1.57. The van der Waals surface area contributed by atoms with Gasteiger partial charge in [-0.15, -0.1) is 0 Å². The van der Waals surface area contributed by atoms with Crippen molar-refractivity contribution in [3.63, 3.8) is 0 Å². The quantitative estimate of drug-likeness (QED) is 0.793. The van der Waals surface area contributed by atoms with Crippen LogP contribution in [0.3, 0.4) is 0 Å². The molecule has 1 aromatic heterocycles. The molecule has 2 N–H and O–H groups in total. The smallest absolute Gasteiger partial charge is 0.352 e. The molecule has 6 nitrogen and oxygen atoms in total. The normalized spacial score (nSPS) is 10.5. The van der Waals surface area contributed by atoms with Gasteiger partial charge in [0.2, 0.25) is 5.91 Å². The highest BCUT2D eigenvalue weighted by atomic mass is 16.4. The largest absolute Gasteiger partial charge is 0.477 e. The van der Waals surface area contributed by atoms with Crippen molar-refractivity contribution in [3.8, 4) is 0 Å². The van der Waals surface area contributed by atoms with E-state index in [1.165, 1.54) is 18.2 Å². The molecule has 0 aliphatic carbocycles. The number of nitrogens with zero attached hydrogens (tertiary/aromatic N) is 1. The molecule has 6 heteroatoms. The average Bonchev–Trinajstić information content (AvgIpc) is 2.30. The van der Waals surface area contributed by atoms with Crippen LogP contribution in [-0.4, -0.2) is 28.1 Å². The van der Waals surface area contributed by atoms with Crippen molar-refractivity contribution < 1.29 is 14.7 Å². The monoisotopic (exact) mass is 266 g/mol. The number of carbonyl (C=O) groups excluding carboxylic acids is 1. The van der Waals surface area contributed by atoms with Gasteiger partial charge in [-0.05, 0) is 18.4 Å². The molecule has 0 atom stereocenters. The molecule has 0 aromatic carbocycles. The molecule has 0 radical (unpaired) electrons. The Balaban J connectivity index is 2.74. The Kier molecular flexibility index (Phi) is 5.29. The zero-order valence-electron chi connectivity index (χ0n) is 11.0. The van der Waals surface area contributed by atoms with Gasteiger partial charge in [-0.2, -0.15) is 0 Å². The summed E-state index contributed by atoms with van der Waals surface area (Å²) < 4.78 is 0.951. The lowest BCUT2D eigenvalue weighted by Crippen LogP contribution is -2.35. The van der Waals surface area contributed by atoms with Crippen LogP contribution in [0.4, 0.5) is 0 Å². The van der Waals surface area contributed by atoms with Crippen molar-refractivity contribution in [1.82, 2.24) is 9.88 Å². The van der Waals surface area contributed by atoms with Crippen molar-refractivity contribution in [3.05, 3.63) is 34.2 Å². The van der Waals surface area contributed by atoms with Crippen molar-refractivity contribution in [2.45, 2.75) is 26.8 Å². The first-order valence-electron chi connectivity index (χ1n) is 6.11. The highest BCUT2D eigenvalue weighted by Gasteiger charge is 2.13. The Morgan fingerprint density at radius 3 is 2.63 bits per heavy atom. The highest BCUT2D eigenvalue weighted by molar-refractivity contribution is 5.86. The van der Waals surface area contributed by atoms with Crippen LogP contribution in [-0.2, 0) is 11.3 Å². The van der Waals surface area contributed by atoms with Crippen molar-refractivity contribution in [2.75, 3.05) is 6.54 Å². The van der Waals surface area contributed by atoms with Crippen molar-refractivity contribution >= 4 is 11.9 Å². The van der Waals surface area contributed by atoms with Crippen LogP contribution in [0.5, 0.6) is 0 Å². The van der Waals surface area contributed by atoms with Gasteiger partial charge in [0.25, 0.3) is 5.56 Å². The number of rotatable bonds is 6. The zero-order chi connectivity index (χ0) is 14.4. The van der Waals surface area contributed by atoms with E-state index in [-0.39, 0.29) is 18.1 Å². The number of nitrogens with one attached hydrogen (secondary N) is 1. The van der Waals surface area contributed by atoms with E-state index in [1.807, 2.05) is 13.8 Å². The molecule has 104 valence electrons. The van der Waals surface area contributed by atoms with E-state index in [0.29, 0.717) is 12.5 Å². The molecule has 0 aliphatic heterocycles. The van der Waals surface area contributed by atoms with Crippen LogP contribution in [0.1, 0.15) is 30.8 Å². The summed E-state index contributed by atoms with van der Waals surface area (Å²) in [6.07, 6.45) is 0.835. The molecule has 0 saturated heterocycles. The SMILES string of the molecule is CC(C)CCNC(=O)Cn1c(C(=O)O)cccc1=O. The Hall–Kier alpha value is -2.11. The minimum atomic E-state index is -1.23. The average molecular weight is 266 g/mol. The van der Waals surface area contributed by atoms with E-state index in [4.69, 9.17) is 5.11 Å². The van der Waals surface area contributed by atoms with E-state index in [2.05, 4.69) is 5.32 Å². The van der Waals surface area contributed by atoms with Crippen LogP contribution in [0.15, 0.2) is 23.0 Å². The molecule has 0 spiro atoms. The highest BCUT2D eigenvalue weighted by Crippen LogP contribution is 1.98. The molecule has 0 bridgehead atoms. The lowest BCUT2D eigenvalue weighted by molar-refractivity contribution is -0.121. The van der Waals surface area contributed by atoms with Gasteiger partial charge in [-0.1, -0.05) is 19.9 Å². The number of aromatic carboxylic acids is 1. The van der Waals surface area contributed by atoms with Crippen LogP contribution in [0.2, 0.25) is 0 Å². The number of carboxylic acid groups (broad SMARTS) is 1. The van der Waals surface area contributed by atoms with Gasteiger partial charge < -0.3 is 10.4 Å². The van der Waals surface area contributed by atoms with Gasteiger partial charge >= 0.3 is 5.97 Å². The van der Waals surface area contributed by atoms with Gasteiger partial charge in [0.1, 0.15) is 12.2 Å². The minimum absolute atomic E-state index is 0.188. The predicted molar refractivity (Wildman–Crippen MR) is 70.1 cm³/mol. The van der Waals surface area contributed by atoms with Gasteiger partial charge in [0.05, 0.1) is 0 Å². The van der Waals surface area contributed by atoms with Crippen LogP contribution >= 0.6 is 0 Å². The first-order valence-corrected chi connectivity index (χ1v) is 6.11. The molecule has 0 unspecified atom stereocenters. The Morgan fingerprint density at radius 2 is 2.05 bits per heavy atom. The number of hydrogen-bond donors (Lipinski definition) is 2. The minimum Gasteiger partial charge on any atom is -0.477 e.